The molecule has 0 saturated carbocycles. The van der Waals surface area contributed by atoms with Crippen LogP contribution in [0.15, 0.2) is 48.2 Å². The highest BCUT2D eigenvalue weighted by Gasteiger charge is 2.30. The van der Waals surface area contributed by atoms with Gasteiger partial charge < -0.3 is 19.4 Å². The molecule has 0 aliphatic carbocycles. The molecule has 0 atom stereocenters. The first-order chi connectivity index (χ1) is 18.4. The quantitative estimate of drug-likeness (QED) is 0.200. The van der Waals surface area contributed by atoms with E-state index in [9.17, 15) is 4.79 Å². The first-order valence-corrected chi connectivity index (χ1v) is 13.8. The molecule has 0 radical (unpaired) electrons. The predicted octanol–water partition coefficient (Wildman–Crippen LogP) is 6.01. The zero-order valence-electron chi connectivity index (χ0n) is 22.4. The normalized spacial score (nSPS) is 12.7. The van der Waals surface area contributed by atoms with Gasteiger partial charge in [-0.2, -0.15) is 0 Å². The molecule has 0 amide bonds. The van der Waals surface area contributed by atoms with Gasteiger partial charge in [-0.25, -0.2) is 0 Å². The Bertz CT molecular complexity index is 1410. The van der Waals surface area contributed by atoms with E-state index in [1.165, 1.54) is 5.56 Å². The van der Waals surface area contributed by atoms with E-state index in [0.717, 1.165) is 76.5 Å². The number of methoxy groups -OCH3 is 1. The summed E-state index contributed by atoms with van der Waals surface area (Å²) in [6, 6.07) is 8.41. The highest BCUT2D eigenvalue weighted by atomic mass is 32.1. The predicted molar refractivity (Wildman–Crippen MR) is 152 cm³/mol. The van der Waals surface area contributed by atoms with E-state index in [1.54, 1.807) is 37.0 Å². The summed E-state index contributed by atoms with van der Waals surface area (Å²) >= 11 is 1.68. The average molecular weight is 531 g/mol. The summed E-state index contributed by atoms with van der Waals surface area (Å²) in [5, 5.41) is 5.57. The monoisotopic (exact) mass is 530 g/mol. The van der Waals surface area contributed by atoms with Crippen LogP contribution in [0, 0.1) is 0 Å². The van der Waals surface area contributed by atoms with Crippen LogP contribution in [0.5, 0.6) is 5.75 Å². The lowest BCUT2D eigenvalue weighted by Crippen LogP contribution is -2.36. The van der Waals surface area contributed by atoms with Crippen LogP contribution in [0.3, 0.4) is 0 Å². The number of aldehydes is 1. The summed E-state index contributed by atoms with van der Waals surface area (Å²) in [6.07, 6.45) is 7.79. The van der Waals surface area contributed by atoms with Gasteiger partial charge in [-0.15, -0.1) is 11.3 Å². The van der Waals surface area contributed by atoms with Crippen LogP contribution < -0.4 is 10.1 Å². The minimum atomic E-state index is 0.0820. The molecule has 7 nitrogen and oxygen atoms in total. The summed E-state index contributed by atoms with van der Waals surface area (Å²) in [4.78, 5) is 22.4. The molecule has 0 spiro atoms. The SMILES string of the molecule is COc1cc2c(cc1-c1cnccn1)-c1c(-c3cccs3)c(COCCCNC(C)(C)C)c(C=O)n1CC2. The van der Waals surface area contributed by atoms with Crippen LogP contribution in [-0.2, 0) is 24.3 Å². The minimum Gasteiger partial charge on any atom is -0.496 e. The second-order valence-corrected chi connectivity index (χ2v) is 11.4. The Morgan fingerprint density at radius 3 is 2.76 bits per heavy atom. The van der Waals surface area contributed by atoms with Crippen molar-refractivity contribution in [2.75, 3.05) is 20.3 Å². The molecule has 1 aromatic carbocycles. The van der Waals surface area contributed by atoms with Gasteiger partial charge in [0.1, 0.15) is 5.75 Å². The fraction of sp³-hybridized carbons (Fsp3) is 0.367. The van der Waals surface area contributed by atoms with Crippen molar-refractivity contribution in [1.82, 2.24) is 19.9 Å². The zero-order valence-corrected chi connectivity index (χ0v) is 23.2. The molecule has 1 N–H and O–H groups in total. The molecule has 1 aliphatic rings. The van der Waals surface area contributed by atoms with Crippen molar-refractivity contribution in [3.63, 3.8) is 0 Å². The minimum absolute atomic E-state index is 0.0820. The fourth-order valence-corrected chi connectivity index (χ4v) is 5.87. The van der Waals surface area contributed by atoms with E-state index in [2.05, 4.69) is 70.3 Å². The molecule has 8 heteroatoms. The van der Waals surface area contributed by atoms with Gasteiger partial charge in [0.2, 0.25) is 0 Å². The van der Waals surface area contributed by atoms with Gasteiger partial charge in [0.05, 0.1) is 37.0 Å². The summed E-state index contributed by atoms with van der Waals surface area (Å²) in [5.41, 5.74) is 7.76. The van der Waals surface area contributed by atoms with Crippen LogP contribution in [0.2, 0.25) is 0 Å². The Kier molecular flexibility index (Phi) is 7.74. The van der Waals surface area contributed by atoms with Crippen LogP contribution in [0.25, 0.3) is 33.0 Å². The van der Waals surface area contributed by atoms with Crippen molar-refractivity contribution in [1.29, 1.82) is 0 Å². The number of aryl methyl sites for hydroxylation is 1. The number of hydrogen-bond acceptors (Lipinski definition) is 7. The van der Waals surface area contributed by atoms with Crippen LogP contribution in [0.4, 0.5) is 0 Å². The lowest BCUT2D eigenvalue weighted by molar-refractivity contribution is 0.108. The van der Waals surface area contributed by atoms with E-state index in [-0.39, 0.29) is 5.54 Å². The highest BCUT2D eigenvalue weighted by molar-refractivity contribution is 7.13. The van der Waals surface area contributed by atoms with Gasteiger partial charge in [0.15, 0.2) is 6.29 Å². The topological polar surface area (TPSA) is 78.3 Å². The molecule has 0 saturated heterocycles. The van der Waals surface area contributed by atoms with E-state index in [0.29, 0.717) is 18.9 Å². The zero-order chi connectivity index (χ0) is 26.7. The number of fused-ring (bicyclic) bond motifs is 3. The standard InChI is InChI=1S/C30H34N4O3S/c1-30(2,3)33-9-6-13-37-19-23-25(18-35)34-12-8-20-15-26(36-4)22(24-17-31-10-11-32-24)16-21(20)29(34)28(23)27-7-5-14-38-27/h5,7,10-11,14-18,33H,6,8-9,12-13,19H2,1-4H3. The number of nitrogens with one attached hydrogen (secondary N) is 1. The highest BCUT2D eigenvalue weighted by Crippen LogP contribution is 2.47. The number of hydrogen-bond donors (Lipinski definition) is 1. The fourth-order valence-electron chi connectivity index (χ4n) is 5.07. The van der Waals surface area contributed by atoms with Crippen molar-refractivity contribution < 1.29 is 14.3 Å². The number of aromatic nitrogens is 3. The number of ether oxygens (including phenoxy) is 2. The average Bonchev–Trinajstić information content (AvgIpc) is 3.55. The molecule has 3 aromatic heterocycles. The molecule has 5 rings (SSSR count). The maximum atomic E-state index is 12.5. The van der Waals surface area contributed by atoms with Gasteiger partial charge in [-0.05, 0) is 69.3 Å². The third-order valence-corrected chi connectivity index (χ3v) is 7.67. The van der Waals surface area contributed by atoms with E-state index in [1.807, 2.05) is 0 Å². The maximum absolute atomic E-state index is 12.5. The Morgan fingerprint density at radius 2 is 2.08 bits per heavy atom. The molecule has 0 fully saturated rings. The lowest BCUT2D eigenvalue weighted by Gasteiger charge is -2.23. The van der Waals surface area contributed by atoms with Crippen molar-refractivity contribution in [2.24, 2.45) is 0 Å². The van der Waals surface area contributed by atoms with E-state index < -0.39 is 0 Å². The largest absolute Gasteiger partial charge is 0.496 e. The summed E-state index contributed by atoms with van der Waals surface area (Å²) in [6.45, 7) is 9.09. The summed E-state index contributed by atoms with van der Waals surface area (Å²) < 4.78 is 14.1. The number of carbonyl (C=O) groups is 1. The van der Waals surface area contributed by atoms with E-state index >= 15 is 0 Å². The first kappa shape index (κ1) is 26.3. The van der Waals surface area contributed by atoms with Crippen molar-refractivity contribution in [2.45, 2.75) is 52.3 Å². The molecule has 0 unspecified atom stereocenters. The maximum Gasteiger partial charge on any atom is 0.166 e. The molecule has 38 heavy (non-hydrogen) atoms. The second-order valence-electron chi connectivity index (χ2n) is 10.5. The second kappa shape index (κ2) is 11.2. The van der Waals surface area contributed by atoms with Crippen molar-refractivity contribution in [3.8, 4) is 38.7 Å². The van der Waals surface area contributed by atoms with Gasteiger partial charge in [-0.3, -0.25) is 14.8 Å². The van der Waals surface area contributed by atoms with Crippen molar-refractivity contribution >= 4 is 17.6 Å². The summed E-state index contributed by atoms with van der Waals surface area (Å²) in [5.74, 6) is 0.768. The van der Waals surface area contributed by atoms with Crippen LogP contribution in [0.1, 0.15) is 48.8 Å². The van der Waals surface area contributed by atoms with Gasteiger partial charge in [-0.1, -0.05) is 6.07 Å². The Labute approximate surface area is 227 Å². The molecule has 198 valence electrons. The van der Waals surface area contributed by atoms with E-state index in [4.69, 9.17) is 9.47 Å². The number of benzene rings is 1. The molecule has 1 aliphatic heterocycles. The van der Waals surface area contributed by atoms with Crippen molar-refractivity contribution in [3.05, 3.63) is 65.1 Å². The number of carbonyl (C=O) groups excluding carboxylic acids is 1. The van der Waals surface area contributed by atoms with Crippen LogP contribution >= 0.6 is 11.3 Å². The Hall–Kier alpha value is -3.33. The lowest BCUT2D eigenvalue weighted by atomic mass is 9.92. The number of thiophene rings is 1. The van der Waals surface area contributed by atoms with Crippen LogP contribution in [-0.4, -0.2) is 46.6 Å². The molecular weight excluding hydrogens is 496 g/mol. The summed E-state index contributed by atoms with van der Waals surface area (Å²) in [7, 11) is 1.68. The van der Waals surface area contributed by atoms with Gasteiger partial charge >= 0.3 is 0 Å². The smallest absolute Gasteiger partial charge is 0.166 e. The number of nitrogens with zero attached hydrogens (tertiary/aromatic N) is 3. The van der Waals surface area contributed by atoms with Gasteiger partial charge in [0, 0.05) is 58.2 Å². The Morgan fingerprint density at radius 1 is 1.21 bits per heavy atom. The molecule has 0 bridgehead atoms. The Balaban J connectivity index is 1.57. The van der Waals surface area contributed by atoms with Gasteiger partial charge in [0.25, 0.3) is 0 Å². The molecular formula is C30H34N4O3S. The third-order valence-electron chi connectivity index (χ3n) is 6.78. The molecule has 4 aromatic rings. The number of rotatable bonds is 10. The third kappa shape index (κ3) is 5.29. The molecule has 4 heterocycles. The first-order valence-electron chi connectivity index (χ1n) is 13.0.